The molecule has 1 nitrogen and oxygen atoms in total. The molecule has 0 heterocycles. The van der Waals surface area contributed by atoms with Gasteiger partial charge < -0.3 is 0 Å². The van der Waals surface area contributed by atoms with Crippen molar-refractivity contribution in [2.24, 2.45) is 0 Å². The molecule has 0 aliphatic carbocycles. The average Bonchev–Trinajstić information content (AvgIpc) is 2.04. The molecule has 2 heteroatoms. The molecule has 12 heavy (non-hydrogen) atoms. The summed E-state index contributed by atoms with van der Waals surface area (Å²) in [6.45, 7) is 3.92. The van der Waals surface area contributed by atoms with Gasteiger partial charge in [0.05, 0.1) is 3.92 Å². The van der Waals surface area contributed by atoms with Crippen LogP contribution >= 0.6 is 22.6 Å². The third-order valence-electron chi connectivity index (χ3n) is 1.70. The molecule has 0 aliphatic heterocycles. The van der Waals surface area contributed by atoms with E-state index in [1.807, 2.05) is 38.1 Å². The molecular weight excluding hydrogens is 263 g/mol. The van der Waals surface area contributed by atoms with Crippen molar-refractivity contribution in [3.63, 3.8) is 0 Å². The van der Waals surface area contributed by atoms with E-state index in [-0.39, 0.29) is 9.71 Å². The Morgan fingerprint density at radius 1 is 1.33 bits per heavy atom. The zero-order valence-electron chi connectivity index (χ0n) is 7.17. The lowest BCUT2D eigenvalue weighted by atomic mass is 10.1. The number of carbonyl (C=O) groups is 1. The summed E-state index contributed by atoms with van der Waals surface area (Å²) in [5.41, 5.74) is 2.00. The van der Waals surface area contributed by atoms with Gasteiger partial charge in [0.1, 0.15) is 0 Å². The molecule has 64 valence electrons. The second kappa shape index (κ2) is 4.03. The summed E-state index contributed by atoms with van der Waals surface area (Å²) in [6.07, 6.45) is 0. The number of Topliss-reactive ketones (excluding diaryl/α,β-unsaturated/α-hetero) is 1. The van der Waals surface area contributed by atoms with E-state index in [1.54, 1.807) is 0 Å². The van der Waals surface area contributed by atoms with Crippen molar-refractivity contribution >= 4 is 28.4 Å². The molecule has 1 atom stereocenters. The van der Waals surface area contributed by atoms with Crippen molar-refractivity contribution in [1.29, 1.82) is 0 Å². The van der Waals surface area contributed by atoms with Gasteiger partial charge in [-0.05, 0) is 13.8 Å². The highest BCUT2D eigenvalue weighted by Gasteiger charge is 2.10. The standard InChI is InChI=1S/C10H11IO/c1-7-3-5-9(6-4-7)10(12)8(2)11/h3-6,8H,1-2H3. The van der Waals surface area contributed by atoms with Gasteiger partial charge in [-0.15, -0.1) is 0 Å². The Morgan fingerprint density at radius 3 is 2.25 bits per heavy atom. The number of hydrogen-bond acceptors (Lipinski definition) is 1. The van der Waals surface area contributed by atoms with Crippen molar-refractivity contribution in [3.8, 4) is 0 Å². The molecule has 0 spiro atoms. The van der Waals surface area contributed by atoms with Crippen LogP contribution in [0.3, 0.4) is 0 Å². The highest BCUT2D eigenvalue weighted by molar-refractivity contribution is 14.1. The Hall–Kier alpha value is -0.380. The minimum Gasteiger partial charge on any atom is -0.293 e. The fourth-order valence-corrected chi connectivity index (χ4v) is 1.31. The fourth-order valence-electron chi connectivity index (χ4n) is 0.947. The van der Waals surface area contributed by atoms with E-state index in [2.05, 4.69) is 22.6 Å². The van der Waals surface area contributed by atoms with E-state index < -0.39 is 0 Å². The van der Waals surface area contributed by atoms with Crippen LogP contribution < -0.4 is 0 Å². The van der Waals surface area contributed by atoms with Crippen LogP contribution in [0.5, 0.6) is 0 Å². The Kier molecular flexibility index (Phi) is 3.26. The summed E-state index contributed by atoms with van der Waals surface area (Å²) >= 11 is 2.13. The largest absolute Gasteiger partial charge is 0.293 e. The molecular formula is C10H11IO. The maximum Gasteiger partial charge on any atom is 0.175 e. The molecule has 0 bridgehead atoms. The summed E-state index contributed by atoms with van der Waals surface area (Å²) in [5.74, 6) is 0.204. The first-order valence-corrected chi connectivity index (χ1v) is 5.11. The Balaban J connectivity index is 2.90. The Bertz CT molecular complexity index is 274. The molecule has 0 saturated carbocycles. The number of halogens is 1. The number of benzene rings is 1. The smallest absolute Gasteiger partial charge is 0.175 e. The molecule has 0 saturated heterocycles. The van der Waals surface area contributed by atoms with Gasteiger partial charge in [0.2, 0.25) is 0 Å². The van der Waals surface area contributed by atoms with Crippen molar-refractivity contribution in [2.75, 3.05) is 0 Å². The first-order chi connectivity index (χ1) is 5.61. The van der Waals surface area contributed by atoms with E-state index in [1.165, 1.54) is 5.56 Å². The van der Waals surface area contributed by atoms with Gasteiger partial charge in [-0.1, -0.05) is 52.4 Å². The van der Waals surface area contributed by atoms with Gasteiger partial charge in [0, 0.05) is 5.56 Å². The lowest BCUT2D eigenvalue weighted by molar-refractivity contribution is 0.0998. The third kappa shape index (κ3) is 2.30. The van der Waals surface area contributed by atoms with Crippen LogP contribution in [-0.4, -0.2) is 9.71 Å². The van der Waals surface area contributed by atoms with Gasteiger partial charge >= 0.3 is 0 Å². The number of rotatable bonds is 2. The number of carbonyl (C=O) groups excluding carboxylic acids is 1. The maximum absolute atomic E-state index is 11.4. The molecule has 0 aliphatic rings. The summed E-state index contributed by atoms with van der Waals surface area (Å²) in [7, 11) is 0. The SMILES string of the molecule is Cc1ccc(C(=O)C(C)I)cc1. The number of aryl methyl sites for hydroxylation is 1. The zero-order chi connectivity index (χ0) is 9.14. The molecule has 0 N–H and O–H groups in total. The lowest BCUT2D eigenvalue weighted by Gasteiger charge is -2.02. The molecule has 0 radical (unpaired) electrons. The molecule has 0 aromatic heterocycles. The molecule has 1 aromatic rings. The summed E-state index contributed by atoms with van der Waals surface area (Å²) < 4.78 is 0.0605. The second-order valence-electron chi connectivity index (χ2n) is 2.85. The van der Waals surface area contributed by atoms with E-state index in [0.29, 0.717) is 0 Å². The van der Waals surface area contributed by atoms with E-state index in [0.717, 1.165) is 5.56 Å². The second-order valence-corrected chi connectivity index (χ2v) is 4.71. The van der Waals surface area contributed by atoms with E-state index >= 15 is 0 Å². The topological polar surface area (TPSA) is 17.1 Å². The quantitative estimate of drug-likeness (QED) is 0.460. The van der Waals surface area contributed by atoms with Gasteiger partial charge in [0.25, 0.3) is 0 Å². The first kappa shape index (κ1) is 9.71. The Morgan fingerprint density at radius 2 is 1.83 bits per heavy atom. The highest BCUT2D eigenvalue weighted by atomic mass is 127. The van der Waals surface area contributed by atoms with Crippen molar-refractivity contribution in [1.82, 2.24) is 0 Å². The van der Waals surface area contributed by atoms with Crippen molar-refractivity contribution in [2.45, 2.75) is 17.8 Å². The van der Waals surface area contributed by atoms with Crippen LogP contribution in [0.4, 0.5) is 0 Å². The molecule has 1 rings (SSSR count). The van der Waals surface area contributed by atoms with Crippen LogP contribution in [-0.2, 0) is 0 Å². The van der Waals surface area contributed by atoms with Crippen LogP contribution in [0.25, 0.3) is 0 Å². The number of alkyl halides is 1. The minimum absolute atomic E-state index is 0.0605. The van der Waals surface area contributed by atoms with Gasteiger partial charge in [-0.3, -0.25) is 4.79 Å². The highest BCUT2D eigenvalue weighted by Crippen LogP contribution is 2.10. The summed E-state index contributed by atoms with van der Waals surface area (Å²) in [5, 5.41) is 0. The minimum atomic E-state index is 0.0605. The van der Waals surface area contributed by atoms with Crippen LogP contribution in [0, 0.1) is 6.92 Å². The predicted octanol–water partition coefficient (Wildman–Crippen LogP) is 3.00. The number of ketones is 1. The molecule has 0 fully saturated rings. The molecule has 1 unspecified atom stereocenters. The van der Waals surface area contributed by atoms with Crippen LogP contribution in [0.1, 0.15) is 22.8 Å². The average molecular weight is 274 g/mol. The normalized spacial score (nSPS) is 12.6. The fraction of sp³-hybridized carbons (Fsp3) is 0.300. The van der Waals surface area contributed by atoms with Crippen LogP contribution in [0.15, 0.2) is 24.3 Å². The Labute approximate surface area is 86.3 Å². The molecule has 0 amide bonds. The van der Waals surface area contributed by atoms with Gasteiger partial charge in [0.15, 0.2) is 5.78 Å². The lowest BCUT2D eigenvalue weighted by Crippen LogP contribution is -2.09. The van der Waals surface area contributed by atoms with Crippen LogP contribution in [0.2, 0.25) is 0 Å². The van der Waals surface area contributed by atoms with Gasteiger partial charge in [-0.2, -0.15) is 0 Å². The van der Waals surface area contributed by atoms with Crippen molar-refractivity contribution < 1.29 is 4.79 Å². The number of hydrogen-bond donors (Lipinski definition) is 0. The summed E-state index contributed by atoms with van der Waals surface area (Å²) in [4.78, 5) is 11.4. The monoisotopic (exact) mass is 274 g/mol. The zero-order valence-corrected chi connectivity index (χ0v) is 9.33. The molecule has 1 aromatic carbocycles. The summed E-state index contributed by atoms with van der Waals surface area (Å²) in [6, 6.07) is 7.69. The first-order valence-electron chi connectivity index (χ1n) is 3.86. The maximum atomic E-state index is 11.4. The van der Waals surface area contributed by atoms with Crippen molar-refractivity contribution in [3.05, 3.63) is 35.4 Å². The third-order valence-corrected chi connectivity index (χ3v) is 2.26. The van der Waals surface area contributed by atoms with Gasteiger partial charge in [-0.25, -0.2) is 0 Å². The predicted molar refractivity (Wildman–Crippen MR) is 59.0 cm³/mol. The van der Waals surface area contributed by atoms with E-state index in [4.69, 9.17) is 0 Å². The van der Waals surface area contributed by atoms with E-state index in [9.17, 15) is 4.79 Å².